The molecule has 0 saturated carbocycles. The van der Waals surface area contributed by atoms with E-state index in [4.69, 9.17) is 0 Å². The van der Waals surface area contributed by atoms with Crippen LogP contribution in [-0.2, 0) is 16.1 Å². The zero-order valence-electron chi connectivity index (χ0n) is 14.8. The molecule has 6 nitrogen and oxygen atoms in total. The maximum atomic E-state index is 12.9. The average molecular weight is 340 g/mol. The maximum absolute atomic E-state index is 12.9. The van der Waals surface area contributed by atoms with Crippen LogP contribution in [0.2, 0.25) is 0 Å². The molecule has 1 aliphatic heterocycles. The lowest BCUT2D eigenvalue weighted by Gasteiger charge is -2.32. The van der Waals surface area contributed by atoms with E-state index in [0.29, 0.717) is 32.7 Å². The summed E-state index contributed by atoms with van der Waals surface area (Å²) in [6.45, 7) is 6.80. The molecule has 6 heteroatoms. The minimum Gasteiger partial charge on any atom is -0.373 e. The van der Waals surface area contributed by atoms with Gasteiger partial charge < -0.3 is 14.7 Å². The molecular formula is C19H24N4O2. The summed E-state index contributed by atoms with van der Waals surface area (Å²) in [5, 5.41) is 9.46. The molecule has 1 aromatic carbocycles. The number of piperazine rings is 1. The van der Waals surface area contributed by atoms with Crippen LogP contribution < -0.4 is 0 Å². The molecule has 1 saturated heterocycles. The van der Waals surface area contributed by atoms with Crippen LogP contribution in [0.25, 0.3) is 0 Å². The predicted octanol–water partition coefficient (Wildman–Crippen LogP) is 1.61. The van der Waals surface area contributed by atoms with Gasteiger partial charge in [0, 0.05) is 45.0 Å². The van der Waals surface area contributed by atoms with E-state index in [9.17, 15) is 14.9 Å². The van der Waals surface area contributed by atoms with Gasteiger partial charge in [0.25, 0.3) is 5.91 Å². The summed E-state index contributed by atoms with van der Waals surface area (Å²) in [6.07, 6.45) is 2.46. The first kappa shape index (κ1) is 18.5. The van der Waals surface area contributed by atoms with E-state index in [1.165, 1.54) is 0 Å². The van der Waals surface area contributed by atoms with Crippen molar-refractivity contribution in [3.63, 3.8) is 0 Å². The van der Waals surface area contributed by atoms with Crippen molar-refractivity contribution >= 4 is 12.3 Å². The predicted molar refractivity (Wildman–Crippen MR) is 95.0 cm³/mol. The van der Waals surface area contributed by atoms with Gasteiger partial charge in [0.1, 0.15) is 11.6 Å². The van der Waals surface area contributed by atoms with E-state index < -0.39 is 0 Å². The van der Waals surface area contributed by atoms with Gasteiger partial charge >= 0.3 is 0 Å². The number of nitrogens with zero attached hydrogens (tertiary/aromatic N) is 4. The fraction of sp³-hybridized carbons (Fsp3) is 0.421. The second-order valence-electron chi connectivity index (χ2n) is 6.34. The van der Waals surface area contributed by atoms with E-state index in [2.05, 4.69) is 0 Å². The Morgan fingerprint density at radius 3 is 2.32 bits per heavy atom. The van der Waals surface area contributed by atoms with Gasteiger partial charge in [-0.25, -0.2) is 0 Å². The Morgan fingerprint density at radius 2 is 1.80 bits per heavy atom. The van der Waals surface area contributed by atoms with Crippen molar-refractivity contribution in [2.24, 2.45) is 0 Å². The Hall–Kier alpha value is -2.81. The fourth-order valence-electron chi connectivity index (χ4n) is 2.71. The molecule has 2 amide bonds. The zero-order chi connectivity index (χ0) is 18.2. The quantitative estimate of drug-likeness (QED) is 0.448. The zero-order valence-corrected chi connectivity index (χ0v) is 14.8. The lowest BCUT2D eigenvalue weighted by atomic mass is 10.1. The van der Waals surface area contributed by atoms with Crippen molar-refractivity contribution in [2.75, 3.05) is 26.2 Å². The number of rotatable bonds is 6. The normalized spacial score (nSPS) is 15.0. The van der Waals surface area contributed by atoms with Crippen molar-refractivity contribution in [3.8, 4) is 6.07 Å². The lowest BCUT2D eigenvalue weighted by Crippen LogP contribution is -2.44. The van der Waals surface area contributed by atoms with Gasteiger partial charge in [0.2, 0.25) is 6.41 Å². The molecule has 0 aliphatic carbocycles. The Kier molecular flexibility index (Phi) is 6.58. The third-order valence-corrected chi connectivity index (χ3v) is 4.24. The number of carbonyl (C=O) groups excluding carboxylic acids is 2. The molecule has 0 radical (unpaired) electrons. The minimum absolute atomic E-state index is 0.0173. The van der Waals surface area contributed by atoms with E-state index in [0.717, 1.165) is 12.0 Å². The van der Waals surface area contributed by atoms with Crippen molar-refractivity contribution in [1.82, 2.24) is 14.7 Å². The van der Waals surface area contributed by atoms with E-state index in [1.54, 1.807) is 16.0 Å². The van der Waals surface area contributed by atoms with Crippen molar-refractivity contribution in [1.29, 1.82) is 5.26 Å². The van der Waals surface area contributed by atoms with Crippen LogP contribution in [0.4, 0.5) is 0 Å². The fourth-order valence-corrected chi connectivity index (χ4v) is 2.71. The van der Waals surface area contributed by atoms with Crippen LogP contribution in [0.1, 0.15) is 19.4 Å². The highest BCUT2D eigenvalue weighted by Gasteiger charge is 2.23. The molecule has 1 aromatic rings. The Balaban J connectivity index is 2.11. The standard InChI is InChI=1S/C19H24N4O2/c1-16(2)23(13-17-6-4-3-5-7-17)19(25)18(12-20)14-21-8-10-22(15-24)11-9-21/h3-7,14-16H,8-11,13H2,1-2H3/b18-14-. The lowest BCUT2D eigenvalue weighted by molar-refractivity contribution is -0.129. The first-order valence-corrected chi connectivity index (χ1v) is 8.45. The van der Waals surface area contributed by atoms with Crippen LogP contribution in [0.15, 0.2) is 42.1 Å². The third kappa shape index (κ3) is 5.08. The number of amides is 2. The summed E-state index contributed by atoms with van der Waals surface area (Å²) < 4.78 is 0. The number of carbonyl (C=O) groups is 2. The first-order valence-electron chi connectivity index (χ1n) is 8.45. The van der Waals surface area contributed by atoms with Crippen LogP contribution in [0.5, 0.6) is 0 Å². The summed E-state index contributed by atoms with van der Waals surface area (Å²) in [7, 11) is 0. The summed E-state index contributed by atoms with van der Waals surface area (Å²) in [6, 6.07) is 11.8. The van der Waals surface area contributed by atoms with Crippen LogP contribution in [-0.4, -0.2) is 59.2 Å². The van der Waals surface area contributed by atoms with Crippen LogP contribution in [0, 0.1) is 11.3 Å². The number of hydrogen-bond acceptors (Lipinski definition) is 4. The van der Waals surface area contributed by atoms with E-state index >= 15 is 0 Å². The highest BCUT2D eigenvalue weighted by Crippen LogP contribution is 2.13. The maximum Gasteiger partial charge on any atom is 0.266 e. The second-order valence-corrected chi connectivity index (χ2v) is 6.34. The van der Waals surface area contributed by atoms with Gasteiger partial charge in [-0.05, 0) is 19.4 Å². The Labute approximate surface area is 148 Å². The summed E-state index contributed by atoms with van der Waals surface area (Å²) in [4.78, 5) is 28.9. The molecule has 1 heterocycles. The van der Waals surface area contributed by atoms with Gasteiger partial charge in [-0.1, -0.05) is 30.3 Å². The monoisotopic (exact) mass is 340 g/mol. The van der Waals surface area contributed by atoms with Crippen LogP contribution in [0.3, 0.4) is 0 Å². The molecule has 0 N–H and O–H groups in total. The highest BCUT2D eigenvalue weighted by atomic mass is 16.2. The van der Waals surface area contributed by atoms with Gasteiger partial charge in [-0.15, -0.1) is 0 Å². The number of hydrogen-bond donors (Lipinski definition) is 0. The number of nitriles is 1. The Morgan fingerprint density at radius 1 is 1.20 bits per heavy atom. The molecule has 0 spiro atoms. The summed E-state index contributed by atoms with van der Waals surface area (Å²) in [5.41, 5.74) is 1.16. The van der Waals surface area contributed by atoms with Crippen molar-refractivity contribution in [3.05, 3.63) is 47.7 Å². The minimum atomic E-state index is -0.265. The second kappa shape index (κ2) is 8.88. The molecule has 0 unspecified atom stereocenters. The molecule has 1 aliphatic rings. The summed E-state index contributed by atoms with van der Waals surface area (Å²) in [5.74, 6) is -0.265. The topological polar surface area (TPSA) is 67.7 Å². The smallest absolute Gasteiger partial charge is 0.266 e. The molecule has 2 rings (SSSR count). The molecule has 132 valence electrons. The molecule has 0 aromatic heterocycles. The molecule has 0 bridgehead atoms. The third-order valence-electron chi connectivity index (χ3n) is 4.24. The highest BCUT2D eigenvalue weighted by molar-refractivity contribution is 5.97. The van der Waals surface area contributed by atoms with Crippen LogP contribution >= 0.6 is 0 Å². The van der Waals surface area contributed by atoms with Gasteiger partial charge in [0.05, 0.1) is 0 Å². The van der Waals surface area contributed by atoms with Crippen molar-refractivity contribution < 1.29 is 9.59 Å². The molecular weight excluding hydrogens is 316 g/mol. The summed E-state index contributed by atoms with van der Waals surface area (Å²) >= 11 is 0. The Bertz CT molecular complexity index is 656. The molecule has 0 atom stereocenters. The largest absolute Gasteiger partial charge is 0.373 e. The van der Waals surface area contributed by atoms with E-state index in [1.807, 2.05) is 55.1 Å². The van der Waals surface area contributed by atoms with E-state index in [-0.39, 0.29) is 17.5 Å². The molecule has 1 fully saturated rings. The number of benzene rings is 1. The molecule has 25 heavy (non-hydrogen) atoms. The SMILES string of the molecule is CC(C)N(Cc1ccccc1)C(=O)/C(C#N)=C\N1CCN(C=O)CC1. The average Bonchev–Trinajstić information content (AvgIpc) is 2.64. The van der Waals surface area contributed by atoms with Gasteiger partial charge in [-0.3, -0.25) is 9.59 Å². The first-order chi connectivity index (χ1) is 12.0. The van der Waals surface area contributed by atoms with Gasteiger partial charge in [0.15, 0.2) is 0 Å². The van der Waals surface area contributed by atoms with Crippen molar-refractivity contribution in [2.45, 2.75) is 26.4 Å². The van der Waals surface area contributed by atoms with Gasteiger partial charge in [-0.2, -0.15) is 5.26 Å².